The van der Waals surface area contributed by atoms with Crippen LogP contribution in [0.3, 0.4) is 0 Å². The maximum Gasteiger partial charge on any atom is 0.242 e. The SMILES string of the molecule is COc1cc(C(C)(C)C)ccc1OP(C)(C)=O. The molecule has 0 aliphatic rings. The summed E-state index contributed by atoms with van der Waals surface area (Å²) >= 11 is 0. The van der Waals surface area contributed by atoms with Crippen LogP contribution in [0.2, 0.25) is 0 Å². The molecule has 1 aromatic carbocycles. The highest BCUT2D eigenvalue weighted by molar-refractivity contribution is 7.57. The summed E-state index contributed by atoms with van der Waals surface area (Å²) < 4.78 is 22.4. The van der Waals surface area contributed by atoms with Gasteiger partial charge in [0.1, 0.15) is 0 Å². The molecule has 96 valence electrons. The van der Waals surface area contributed by atoms with E-state index in [4.69, 9.17) is 9.26 Å². The molecule has 0 bridgehead atoms. The van der Waals surface area contributed by atoms with Crippen molar-refractivity contribution in [1.82, 2.24) is 0 Å². The van der Waals surface area contributed by atoms with Gasteiger partial charge in [0, 0.05) is 13.3 Å². The number of hydrogen-bond acceptors (Lipinski definition) is 3. The van der Waals surface area contributed by atoms with Crippen molar-refractivity contribution in [3.8, 4) is 11.5 Å². The molecule has 0 spiro atoms. The molecule has 1 rings (SSSR count). The van der Waals surface area contributed by atoms with Crippen LogP contribution in [0.5, 0.6) is 11.5 Å². The van der Waals surface area contributed by atoms with E-state index in [1.807, 2.05) is 18.2 Å². The molecule has 0 aliphatic carbocycles. The third kappa shape index (κ3) is 4.08. The molecular weight excluding hydrogens is 235 g/mol. The van der Waals surface area contributed by atoms with Gasteiger partial charge >= 0.3 is 0 Å². The fraction of sp³-hybridized carbons (Fsp3) is 0.538. The predicted octanol–water partition coefficient (Wildman–Crippen LogP) is 3.91. The van der Waals surface area contributed by atoms with Gasteiger partial charge in [-0.15, -0.1) is 0 Å². The minimum absolute atomic E-state index is 0.0495. The van der Waals surface area contributed by atoms with Crippen LogP contribution in [0.25, 0.3) is 0 Å². The van der Waals surface area contributed by atoms with E-state index in [0.717, 1.165) is 5.56 Å². The molecule has 4 heteroatoms. The fourth-order valence-corrected chi connectivity index (χ4v) is 2.07. The Morgan fingerprint density at radius 3 is 2.12 bits per heavy atom. The molecule has 1 aromatic rings. The van der Waals surface area contributed by atoms with Crippen molar-refractivity contribution in [2.45, 2.75) is 26.2 Å². The Kier molecular flexibility index (Phi) is 3.93. The minimum atomic E-state index is -2.56. The van der Waals surface area contributed by atoms with Crippen molar-refractivity contribution in [2.24, 2.45) is 0 Å². The van der Waals surface area contributed by atoms with Crippen LogP contribution in [-0.4, -0.2) is 20.4 Å². The average molecular weight is 256 g/mol. The zero-order valence-electron chi connectivity index (χ0n) is 11.4. The first kappa shape index (κ1) is 14.1. The first-order chi connectivity index (χ1) is 7.63. The Bertz CT molecular complexity index is 440. The van der Waals surface area contributed by atoms with Crippen molar-refractivity contribution in [3.05, 3.63) is 23.8 Å². The quantitative estimate of drug-likeness (QED) is 0.769. The van der Waals surface area contributed by atoms with Crippen LogP contribution in [0.1, 0.15) is 26.3 Å². The van der Waals surface area contributed by atoms with Crippen molar-refractivity contribution < 1.29 is 13.8 Å². The Hall–Kier alpha value is -0.950. The minimum Gasteiger partial charge on any atom is -0.493 e. The molecule has 0 saturated heterocycles. The number of methoxy groups -OCH3 is 1. The molecule has 17 heavy (non-hydrogen) atoms. The largest absolute Gasteiger partial charge is 0.493 e. The fourth-order valence-electron chi connectivity index (χ4n) is 1.45. The Morgan fingerprint density at radius 1 is 1.12 bits per heavy atom. The molecule has 0 radical (unpaired) electrons. The molecule has 0 fully saturated rings. The lowest BCUT2D eigenvalue weighted by Gasteiger charge is -2.21. The van der Waals surface area contributed by atoms with Crippen LogP contribution in [0, 0.1) is 0 Å². The standard InChI is InChI=1S/C13H21O3P/c1-13(2,3)10-7-8-11(12(9-10)15-4)16-17(5,6)14/h7-9H,1-6H3. The van der Waals surface area contributed by atoms with Gasteiger partial charge < -0.3 is 9.26 Å². The van der Waals surface area contributed by atoms with Crippen molar-refractivity contribution in [1.29, 1.82) is 0 Å². The number of benzene rings is 1. The van der Waals surface area contributed by atoms with Gasteiger partial charge in [-0.25, -0.2) is 0 Å². The Labute approximate surface area is 104 Å². The normalized spacial score (nSPS) is 12.4. The smallest absolute Gasteiger partial charge is 0.242 e. The Morgan fingerprint density at radius 2 is 1.71 bits per heavy atom. The molecule has 3 nitrogen and oxygen atoms in total. The van der Waals surface area contributed by atoms with E-state index >= 15 is 0 Å². The second-order valence-corrected chi connectivity index (χ2v) is 8.15. The van der Waals surface area contributed by atoms with Gasteiger partial charge in [0.15, 0.2) is 11.5 Å². The second-order valence-electron chi connectivity index (χ2n) is 5.46. The zero-order valence-corrected chi connectivity index (χ0v) is 12.3. The van der Waals surface area contributed by atoms with Gasteiger partial charge in [-0.05, 0) is 23.1 Å². The van der Waals surface area contributed by atoms with Gasteiger partial charge in [-0.1, -0.05) is 26.8 Å². The van der Waals surface area contributed by atoms with Crippen LogP contribution < -0.4 is 9.26 Å². The summed E-state index contributed by atoms with van der Waals surface area (Å²) in [5.41, 5.74) is 1.21. The molecule has 0 unspecified atom stereocenters. The predicted molar refractivity (Wildman–Crippen MR) is 71.8 cm³/mol. The summed E-state index contributed by atoms with van der Waals surface area (Å²) in [5.74, 6) is 1.16. The summed E-state index contributed by atoms with van der Waals surface area (Å²) in [6.07, 6.45) is 0. The monoisotopic (exact) mass is 256 g/mol. The van der Waals surface area contributed by atoms with E-state index in [9.17, 15) is 4.57 Å². The van der Waals surface area contributed by atoms with E-state index in [2.05, 4.69) is 20.8 Å². The average Bonchev–Trinajstić information content (AvgIpc) is 2.14. The first-order valence-electron chi connectivity index (χ1n) is 5.56. The second kappa shape index (κ2) is 4.73. The summed E-state index contributed by atoms with van der Waals surface area (Å²) in [5, 5.41) is 0. The van der Waals surface area contributed by atoms with Gasteiger partial charge in [0.2, 0.25) is 7.37 Å². The molecule has 0 heterocycles. The first-order valence-corrected chi connectivity index (χ1v) is 8.08. The van der Waals surface area contributed by atoms with Gasteiger partial charge in [0.25, 0.3) is 0 Å². The highest BCUT2D eigenvalue weighted by Crippen LogP contribution is 2.43. The molecule has 0 saturated carbocycles. The van der Waals surface area contributed by atoms with Gasteiger partial charge in [-0.3, -0.25) is 4.57 Å². The number of hydrogen-bond donors (Lipinski definition) is 0. The maximum atomic E-state index is 11.7. The molecule has 0 amide bonds. The van der Waals surface area contributed by atoms with E-state index in [0.29, 0.717) is 11.5 Å². The Balaban J connectivity index is 3.15. The lowest BCUT2D eigenvalue weighted by molar-refractivity contribution is 0.389. The molecule has 0 N–H and O–H groups in total. The topological polar surface area (TPSA) is 35.5 Å². The van der Waals surface area contributed by atoms with Crippen LogP contribution in [-0.2, 0) is 9.98 Å². The van der Waals surface area contributed by atoms with Crippen molar-refractivity contribution in [3.63, 3.8) is 0 Å². The van der Waals surface area contributed by atoms with Crippen LogP contribution in [0.15, 0.2) is 18.2 Å². The maximum absolute atomic E-state index is 11.7. The highest BCUT2D eigenvalue weighted by atomic mass is 31.2. The molecule has 0 aliphatic heterocycles. The summed E-state index contributed by atoms with van der Waals surface area (Å²) in [6, 6.07) is 5.73. The molecular formula is C13H21O3P. The van der Waals surface area contributed by atoms with Crippen molar-refractivity contribution in [2.75, 3.05) is 20.4 Å². The third-order valence-electron chi connectivity index (χ3n) is 2.35. The van der Waals surface area contributed by atoms with E-state index < -0.39 is 7.37 Å². The van der Waals surface area contributed by atoms with E-state index in [1.54, 1.807) is 20.4 Å². The van der Waals surface area contributed by atoms with E-state index in [-0.39, 0.29) is 5.41 Å². The van der Waals surface area contributed by atoms with Gasteiger partial charge in [-0.2, -0.15) is 0 Å². The summed E-state index contributed by atoms with van der Waals surface area (Å²) in [4.78, 5) is 0. The summed E-state index contributed by atoms with van der Waals surface area (Å²) in [6.45, 7) is 9.57. The lowest BCUT2D eigenvalue weighted by Crippen LogP contribution is -2.11. The number of rotatable bonds is 3. The number of ether oxygens (including phenoxy) is 1. The van der Waals surface area contributed by atoms with Crippen molar-refractivity contribution >= 4 is 7.37 Å². The third-order valence-corrected chi connectivity index (χ3v) is 2.98. The van der Waals surface area contributed by atoms with E-state index in [1.165, 1.54) is 0 Å². The van der Waals surface area contributed by atoms with Crippen LogP contribution in [0.4, 0.5) is 0 Å². The molecule has 0 aromatic heterocycles. The zero-order chi connectivity index (χ0) is 13.3. The van der Waals surface area contributed by atoms with Gasteiger partial charge in [0.05, 0.1) is 7.11 Å². The summed E-state index contributed by atoms with van der Waals surface area (Å²) in [7, 11) is -0.975. The van der Waals surface area contributed by atoms with Crippen LogP contribution >= 0.6 is 7.37 Å². The highest BCUT2D eigenvalue weighted by Gasteiger charge is 2.18. The molecule has 0 atom stereocenters. The lowest BCUT2D eigenvalue weighted by atomic mass is 9.87.